The molecule has 2 N–H and O–H groups in total. The summed E-state index contributed by atoms with van der Waals surface area (Å²) in [7, 11) is 1.53. The fourth-order valence-electron chi connectivity index (χ4n) is 3.57. The molecule has 0 saturated heterocycles. The van der Waals surface area contributed by atoms with Crippen molar-refractivity contribution >= 4 is 16.9 Å². The second kappa shape index (κ2) is 8.67. The number of nitrogens with zero attached hydrogens (tertiary/aromatic N) is 2. The van der Waals surface area contributed by atoms with Crippen molar-refractivity contribution in [3.8, 4) is 5.75 Å². The predicted molar refractivity (Wildman–Crippen MR) is 114 cm³/mol. The monoisotopic (exact) mass is 407 g/mol. The number of hydrogen-bond donors (Lipinski definition) is 2. The molecule has 156 valence electrons. The lowest BCUT2D eigenvalue weighted by atomic mass is 10.1. The van der Waals surface area contributed by atoms with E-state index < -0.39 is 11.5 Å². The molecule has 0 aliphatic heterocycles. The third-order valence-electron chi connectivity index (χ3n) is 5.34. The number of aromatic nitrogens is 2. The standard InChI is InChI=1S/C23H25N3O4/c1-30-10-9-24-22(28)19-21(27)20-18(26(23(19)29)14-16-7-8-16)12-17(13-25-20)11-15-5-3-2-4-6-15/h2-6,12-13,16,27H,7-11,14H2,1H3,(H,24,28). The maximum atomic E-state index is 13.2. The van der Waals surface area contributed by atoms with Gasteiger partial charge in [0.1, 0.15) is 11.1 Å². The van der Waals surface area contributed by atoms with Crippen LogP contribution in [0.2, 0.25) is 0 Å². The number of fused-ring (bicyclic) bond motifs is 1. The zero-order chi connectivity index (χ0) is 21.1. The first-order chi connectivity index (χ1) is 14.6. The number of ether oxygens (including phenoxy) is 1. The average Bonchev–Trinajstić information content (AvgIpc) is 3.56. The number of hydrogen-bond acceptors (Lipinski definition) is 5. The minimum Gasteiger partial charge on any atom is -0.505 e. The lowest BCUT2D eigenvalue weighted by Crippen LogP contribution is -2.35. The molecule has 7 heteroatoms. The summed E-state index contributed by atoms with van der Waals surface area (Å²) in [5.74, 6) is -0.572. The second-order valence-corrected chi connectivity index (χ2v) is 7.71. The van der Waals surface area contributed by atoms with Gasteiger partial charge in [0.05, 0.1) is 12.1 Å². The number of aromatic hydroxyl groups is 1. The molecule has 2 heterocycles. The van der Waals surface area contributed by atoms with E-state index in [0.29, 0.717) is 31.0 Å². The van der Waals surface area contributed by atoms with E-state index >= 15 is 0 Å². The van der Waals surface area contributed by atoms with Gasteiger partial charge in [-0.1, -0.05) is 30.3 Å². The van der Waals surface area contributed by atoms with Crippen LogP contribution in [-0.4, -0.2) is 40.8 Å². The third kappa shape index (κ3) is 4.21. The lowest BCUT2D eigenvalue weighted by molar-refractivity contribution is 0.0932. The van der Waals surface area contributed by atoms with Gasteiger partial charge in [0.25, 0.3) is 11.5 Å². The van der Waals surface area contributed by atoms with Crippen LogP contribution in [-0.2, 0) is 17.7 Å². The fraction of sp³-hybridized carbons (Fsp3) is 0.348. The van der Waals surface area contributed by atoms with E-state index in [1.165, 1.54) is 7.11 Å². The Kier molecular flexibility index (Phi) is 5.81. The van der Waals surface area contributed by atoms with Crippen molar-refractivity contribution in [2.45, 2.75) is 25.8 Å². The first kappa shape index (κ1) is 20.1. The Hall–Kier alpha value is -3.19. The molecule has 30 heavy (non-hydrogen) atoms. The summed E-state index contributed by atoms with van der Waals surface area (Å²) >= 11 is 0. The number of pyridine rings is 2. The van der Waals surface area contributed by atoms with E-state index in [2.05, 4.69) is 10.3 Å². The number of rotatable bonds is 8. The van der Waals surface area contributed by atoms with E-state index in [-0.39, 0.29) is 23.4 Å². The van der Waals surface area contributed by atoms with Crippen LogP contribution >= 0.6 is 0 Å². The molecular weight excluding hydrogens is 382 g/mol. The summed E-state index contributed by atoms with van der Waals surface area (Å²) in [6, 6.07) is 11.9. The fourth-order valence-corrected chi connectivity index (χ4v) is 3.57. The van der Waals surface area contributed by atoms with Crippen molar-refractivity contribution in [2.24, 2.45) is 5.92 Å². The number of benzene rings is 1. The quantitative estimate of drug-likeness (QED) is 0.560. The van der Waals surface area contributed by atoms with Crippen molar-refractivity contribution in [1.82, 2.24) is 14.9 Å². The largest absolute Gasteiger partial charge is 0.505 e. The third-order valence-corrected chi connectivity index (χ3v) is 5.34. The molecule has 3 aromatic rings. The molecule has 0 radical (unpaired) electrons. The topological polar surface area (TPSA) is 93.4 Å². The molecule has 1 fully saturated rings. The summed E-state index contributed by atoms with van der Waals surface area (Å²) < 4.78 is 6.53. The van der Waals surface area contributed by atoms with Gasteiger partial charge in [-0.2, -0.15) is 0 Å². The number of methoxy groups -OCH3 is 1. The molecule has 4 rings (SSSR count). The summed E-state index contributed by atoms with van der Waals surface area (Å²) in [5.41, 5.74) is 2.15. The number of carbonyl (C=O) groups excluding carboxylic acids is 1. The average molecular weight is 407 g/mol. The smallest absolute Gasteiger partial charge is 0.267 e. The van der Waals surface area contributed by atoms with Crippen molar-refractivity contribution in [2.75, 3.05) is 20.3 Å². The van der Waals surface area contributed by atoms with Crippen LogP contribution in [0.1, 0.15) is 34.3 Å². The van der Waals surface area contributed by atoms with E-state index in [1.807, 2.05) is 36.4 Å². The first-order valence-corrected chi connectivity index (χ1v) is 10.1. The van der Waals surface area contributed by atoms with Gasteiger partial charge in [0.15, 0.2) is 5.75 Å². The van der Waals surface area contributed by atoms with Gasteiger partial charge in [-0.3, -0.25) is 14.6 Å². The Morgan fingerprint density at radius 2 is 2.03 bits per heavy atom. The van der Waals surface area contributed by atoms with Gasteiger partial charge in [0.2, 0.25) is 0 Å². The van der Waals surface area contributed by atoms with Crippen LogP contribution < -0.4 is 10.9 Å². The van der Waals surface area contributed by atoms with Crippen LogP contribution in [0, 0.1) is 5.92 Å². The van der Waals surface area contributed by atoms with Gasteiger partial charge in [0, 0.05) is 26.4 Å². The van der Waals surface area contributed by atoms with Gasteiger partial charge < -0.3 is 19.7 Å². The molecule has 1 saturated carbocycles. The summed E-state index contributed by atoms with van der Waals surface area (Å²) in [6.07, 6.45) is 4.47. The second-order valence-electron chi connectivity index (χ2n) is 7.71. The Morgan fingerprint density at radius 3 is 2.73 bits per heavy atom. The molecule has 0 spiro atoms. The molecule has 1 aromatic carbocycles. The molecule has 7 nitrogen and oxygen atoms in total. The van der Waals surface area contributed by atoms with Crippen molar-refractivity contribution in [3.63, 3.8) is 0 Å². The highest BCUT2D eigenvalue weighted by Crippen LogP contribution is 2.33. The summed E-state index contributed by atoms with van der Waals surface area (Å²) in [5, 5.41) is 13.4. The summed E-state index contributed by atoms with van der Waals surface area (Å²) in [4.78, 5) is 30.2. The minimum absolute atomic E-state index is 0.248. The Bertz CT molecular complexity index is 1120. The van der Waals surface area contributed by atoms with Crippen molar-refractivity contribution in [3.05, 3.63) is 69.6 Å². The minimum atomic E-state index is -0.615. The van der Waals surface area contributed by atoms with Gasteiger partial charge in [-0.05, 0) is 42.4 Å². The van der Waals surface area contributed by atoms with Gasteiger partial charge in [-0.15, -0.1) is 0 Å². The SMILES string of the molecule is COCCNC(=O)c1c(O)c2ncc(Cc3ccccc3)cc2n(CC2CC2)c1=O. The first-order valence-electron chi connectivity index (χ1n) is 10.1. The molecule has 1 amide bonds. The molecule has 0 unspecified atom stereocenters. The molecular formula is C23H25N3O4. The zero-order valence-corrected chi connectivity index (χ0v) is 16.9. The van der Waals surface area contributed by atoms with Gasteiger partial charge >= 0.3 is 0 Å². The molecule has 2 aromatic heterocycles. The zero-order valence-electron chi connectivity index (χ0n) is 16.9. The number of amides is 1. The highest BCUT2D eigenvalue weighted by Gasteiger charge is 2.27. The highest BCUT2D eigenvalue weighted by molar-refractivity contribution is 6.01. The van der Waals surface area contributed by atoms with E-state index in [4.69, 9.17) is 4.74 Å². The predicted octanol–water partition coefficient (Wildman–Crippen LogP) is 2.48. The maximum absolute atomic E-state index is 13.2. The number of nitrogens with one attached hydrogen (secondary N) is 1. The Labute approximate surface area is 174 Å². The van der Waals surface area contributed by atoms with Crippen molar-refractivity contribution in [1.29, 1.82) is 0 Å². The molecule has 0 bridgehead atoms. The maximum Gasteiger partial charge on any atom is 0.267 e. The van der Waals surface area contributed by atoms with E-state index in [9.17, 15) is 14.7 Å². The van der Waals surface area contributed by atoms with E-state index in [1.54, 1.807) is 10.8 Å². The normalized spacial score (nSPS) is 13.5. The Balaban J connectivity index is 1.78. The van der Waals surface area contributed by atoms with Crippen LogP contribution in [0.5, 0.6) is 5.75 Å². The lowest BCUT2D eigenvalue weighted by Gasteiger charge is -2.15. The van der Waals surface area contributed by atoms with Crippen LogP contribution in [0.3, 0.4) is 0 Å². The van der Waals surface area contributed by atoms with Crippen molar-refractivity contribution < 1.29 is 14.6 Å². The van der Waals surface area contributed by atoms with Crippen LogP contribution in [0.25, 0.3) is 11.0 Å². The summed E-state index contributed by atoms with van der Waals surface area (Å²) in [6.45, 7) is 1.08. The highest BCUT2D eigenvalue weighted by atomic mass is 16.5. The van der Waals surface area contributed by atoms with Gasteiger partial charge in [-0.25, -0.2) is 0 Å². The molecule has 1 aliphatic carbocycles. The van der Waals surface area contributed by atoms with E-state index in [0.717, 1.165) is 24.0 Å². The van der Waals surface area contributed by atoms with Crippen LogP contribution in [0.15, 0.2) is 47.4 Å². The molecule has 0 atom stereocenters. The van der Waals surface area contributed by atoms with Crippen LogP contribution in [0.4, 0.5) is 0 Å². The molecule has 1 aliphatic rings. The Morgan fingerprint density at radius 1 is 1.27 bits per heavy atom. The number of carbonyl (C=O) groups is 1.